The molecule has 1 saturated heterocycles. The fraction of sp³-hybridized carbons (Fsp3) is 0.917. The third kappa shape index (κ3) is 3.52. The van der Waals surface area contributed by atoms with Crippen LogP contribution < -0.4 is 0 Å². The zero-order valence-electron chi connectivity index (χ0n) is 11.5. The number of β-amino-alcohol motifs (C(OH)–C–C–N with tert-alkyl or cyclic N) is 1. The third-order valence-electron chi connectivity index (χ3n) is 3.22. The van der Waals surface area contributed by atoms with Gasteiger partial charge in [0.1, 0.15) is 5.60 Å². The van der Waals surface area contributed by atoms with E-state index < -0.39 is 35.9 Å². The Balaban J connectivity index is 2.84. The average molecular weight is 283 g/mol. The lowest BCUT2D eigenvalue weighted by Gasteiger charge is -2.44. The first-order valence-electron chi connectivity index (χ1n) is 6.14. The summed E-state index contributed by atoms with van der Waals surface area (Å²) in [6, 6.07) is 0. The Kier molecular flexibility index (Phi) is 4.10. The maximum Gasteiger partial charge on any atom is 0.419 e. The molecule has 0 radical (unpaired) electrons. The molecule has 0 bridgehead atoms. The summed E-state index contributed by atoms with van der Waals surface area (Å²) in [6.45, 7) is 5.59. The SMILES string of the molecule is C[C@H]1CCN(C(=O)OC(C)(C)C)C[C@]1(O)C(F)(F)F. The molecule has 2 atom stereocenters. The monoisotopic (exact) mass is 283 g/mol. The van der Waals surface area contributed by atoms with Gasteiger partial charge < -0.3 is 14.7 Å². The van der Waals surface area contributed by atoms with Crippen molar-refractivity contribution in [3.63, 3.8) is 0 Å². The minimum absolute atomic E-state index is 0.0786. The number of carbonyl (C=O) groups excluding carboxylic acids is 1. The lowest BCUT2D eigenvalue weighted by molar-refractivity contribution is -0.288. The molecular weight excluding hydrogens is 263 g/mol. The molecule has 7 heteroatoms. The Hall–Kier alpha value is -0.980. The molecule has 1 amide bonds. The number of rotatable bonds is 0. The van der Waals surface area contributed by atoms with Gasteiger partial charge in [-0.15, -0.1) is 0 Å². The lowest BCUT2D eigenvalue weighted by atomic mass is 9.82. The van der Waals surface area contributed by atoms with Crippen LogP contribution in [-0.4, -0.2) is 46.6 Å². The van der Waals surface area contributed by atoms with Crippen LogP contribution in [0, 0.1) is 5.92 Å². The number of carbonyl (C=O) groups is 1. The van der Waals surface area contributed by atoms with Gasteiger partial charge in [0.25, 0.3) is 0 Å². The van der Waals surface area contributed by atoms with Crippen molar-refractivity contribution in [2.75, 3.05) is 13.1 Å². The van der Waals surface area contributed by atoms with Crippen LogP contribution in [0.4, 0.5) is 18.0 Å². The summed E-state index contributed by atoms with van der Waals surface area (Å²) in [5, 5.41) is 9.82. The van der Waals surface area contributed by atoms with Crippen LogP contribution in [-0.2, 0) is 4.74 Å². The van der Waals surface area contributed by atoms with E-state index in [-0.39, 0.29) is 13.0 Å². The van der Waals surface area contributed by atoms with Crippen molar-refractivity contribution in [2.45, 2.75) is 51.5 Å². The summed E-state index contributed by atoms with van der Waals surface area (Å²) in [7, 11) is 0. The molecular formula is C12H20F3NO3. The van der Waals surface area contributed by atoms with E-state index in [9.17, 15) is 23.1 Å². The van der Waals surface area contributed by atoms with Gasteiger partial charge in [0.15, 0.2) is 5.60 Å². The highest BCUT2D eigenvalue weighted by Crippen LogP contribution is 2.41. The highest BCUT2D eigenvalue weighted by Gasteiger charge is 2.59. The van der Waals surface area contributed by atoms with Gasteiger partial charge in [-0.3, -0.25) is 0 Å². The Morgan fingerprint density at radius 2 is 1.89 bits per heavy atom. The van der Waals surface area contributed by atoms with Crippen LogP contribution in [0.5, 0.6) is 0 Å². The first kappa shape index (κ1) is 16.1. The molecule has 0 aromatic rings. The molecule has 0 saturated carbocycles. The van der Waals surface area contributed by atoms with Crippen LogP contribution in [0.25, 0.3) is 0 Å². The van der Waals surface area contributed by atoms with Crippen molar-refractivity contribution in [3.8, 4) is 0 Å². The number of likely N-dealkylation sites (tertiary alicyclic amines) is 1. The third-order valence-corrected chi connectivity index (χ3v) is 3.22. The van der Waals surface area contributed by atoms with Gasteiger partial charge in [-0.1, -0.05) is 6.92 Å². The summed E-state index contributed by atoms with van der Waals surface area (Å²) >= 11 is 0. The number of hydrogen-bond acceptors (Lipinski definition) is 3. The molecule has 1 N–H and O–H groups in total. The van der Waals surface area contributed by atoms with E-state index in [4.69, 9.17) is 4.74 Å². The number of piperidine rings is 1. The molecule has 0 aromatic carbocycles. The summed E-state index contributed by atoms with van der Waals surface area (Å²) in [6.07, 6.45) is -5.52. The molecule has 1 aliphatic heterocycles. The molecule has 0 unspecified atom stereocenters. The van der Waals surface area contributed by atoms with Gasteiger partial charge >= 0.3 is 12.3 Å². The molecule has 4 nitrogen and oxygen atoms in total. The minimum atomic E-state index is -4.77. The molecule has 0 spiro atoms. The van der Waals surface area contributed by atoms with E-state index in [1.807, 2.05) is 0 Å². The van der Waals surface area contributed by atoms with E-state index in [0.29, 0.717) is 0 Å². The molecule has 0 aromatic heterocycles. The van der Waals surface area contributed by atoms with Gasteiger partial charge in [0, 0.05) is 6.54 Å². The fourth-order valence-corrected chi connectivity index (χ4v) is 1.97. The second kappa shape index (κ2) is 4.85. The number of aliphatic hydroxyl groups is 1. The Morgan fingerprint density at radius 3 is 2.32 bits per heavy atom. The molecule has 1 fully saturated rings. The van der Waals surface area contributed by atoms with Crippen LogP contribution in [0.2, 0.25) is 0 Å². The van der Waals surface area contributed by atoms with Crippen LogP contribution >= 0.6 is 0 Å². The quantitative estimate of drug-likeness (QED) is 0.743. The smallest absolute Gasteiger partial charge is 0.419 e. The van der Waals surface area contributed by atoms with Crippen molar-refractivity contribution in [1.29, 1.82) is 0 Å². The summed E-state index contributed by atoms with van der Waals surface area (Å²) in [5.74, 6) is -0.953. The maximum absolute atomic E-state index is 12.9. The predicted octanol–water partition coefficient (Wildman–Crippen LogP) is 2.56. The van der Waals surface area contributed by atoms with Gasteiger partial charge in [0.05, 0.1) is 6.54 Å². The first-order valence-corrected chi connectivity index (χ1v) is 6.14. The Labute approximate surface area is 110 Å². The summed E-state index contributed by atoms with van der Waals surface area (Å²) in [4.78, 5) is 12.7. The fourth-order valence-electron chi connectivity index (χ4n) is 1.97. The van der Waals surface area contributed by atoms with Crippen molar-refractivity contribution in [2.24, 2.45) is 5.92 Å². The number of hydrogen-bond donors (Lipinski definition) is 1. The highest BCUT2D eigenvalue weighted by atomic mass is 19.4. The number of nitrogens with zero attached hydrogens (tertiary/aromatic N) is 1. The average Bonchev–Trinajstić information content (AvgIpc) is 2.17. The summed E-state index contributed by atoms with van der Waals surface area (Å²) in [5.41, 5.74) is -3.65. The molecule has 1 aliphatic rings. The van der Waals surface area contributed by atoms with E-state index in [0.717, 1.165) is 4.90 Å². The van der Waals surface area contributed by atoms with E-state index in [1.165, 1.54) is 6.92 Å². The van der Waals surface area contributed by atoms with Crippen LogP contribution in [0.15, 0.2) is 0 Å². The normalized spacial score (nSPS) is 29.3. The van der Waals surface area contributed by atoms with E-state index in [2.05, 4.69) is 0 Å². The topological polar surface area (TPSA) is 49.8 Å². The number of alkyl halides is 3. The molecule has 112 valence electrons. The number of halogens is 3. The van der Waals surface area contributed by atoms with Crippen LogP contribution in [0.3, 0.4) is 0 Å². The molecule has 0 aliphatic carbocycles. The molecule has 1 heterocycles. The Morgan fingerprint density at radius 1 is 1.37 bits per heavy atom. The largest absolute Gasteiger partial charge is 0.444 e. The van der Waals surface area contributed by atoms with Crippen molar-refractivity contribution < 1.29 is 27.8 Å². The zero-order chi connectivity index (χ0) is 15.1. The molecule has 1 rings (SSSR count). The Bertz CT molecular complexity index is 351. The standard InChI is InChI=1S/C12H20F3NO3/c1-8-5-6-16(9(17)19-10(2,3)4)7-11(8,18)12(13,14)15/h8,18H,5-7H2,1-4H3/t8-,11+/m0/s1. The second-order valence-corrected chi connectivity index (χ2v) is 6.01. The van der Waals surface area contributed by atoms with Crippen molar-refractivity contribution in [1.82, 2.24) is 4.90 Å². The highest BCUT2D eigenvalue weighted by molar-refractivity contribution is 5.68. The van der Waals surface area contributed by atoms with E-state index in [1.54, 1.807) is 20.8 Å². The zero-order valence-corrected chi connectivity index (χ0v) is 11.5. The van der Waals surface area contributed by atoms with Crippen LogP contribution in [0.1, 0.15) is 34.1 Å². The van der Waals surface area contributed by atoms with E-state index >= 15 is 0 Å². The predicted molar refractivity (Wildman–Crippen MR) is 62.6 cm³/mol. The van der Waals surface area contributed by atoms with Gasteiger partial charge in [-0.2, -0.15) is 13.2 Å². The molecule has 19 heavy (non-hydrogen) atoms. The van der Waals surface area contributed by atoms with Crippen molar-refractivity contribution >= 4 is 6.09 Å². The second-order valence-electron chi connectivity index (χ2n) is 6.01. The van der Waals surface area contributed by atoms with Gasteiger partial charge in [-0.05, 0) is 33.1 Å². The van der Waals surface area contributed by atoms with Crippen molar-refractivity contribution in [3.05, 3.63) is 0 Å². The van der Waals surface area contributed by atoms with Gasteiger partial charge in [0.2, 0.25) is 0 Å². The minimum Gasteiger partial charge on any atom is -0.444 e. The van der Waals surface area contributed by atoms with Gasteiger partial charge in [-0.25, -0.2) is 4.79 Å². The summed E-state index contributed by atoms with van der Waals surface area (Å²) < 4.78 is 43.8. The first-order chi connectivity index (χ1) is 8.37. The number of amides is 1. The maximum atomic E-state index is 12.9. The lowest BCUT2D eigenvalue weighted by Crippen LogP contribution is -2.62. The number of ether oxygens (including phenoxy) is 1.